The first-order valence-corrected chi connectivity index (χ1v) is 3.67. The number of ether oxygens (including phenoxy) is 2. The van der Waals surface area contributed by atoms with E-state index >= 15 is 0 Å². The molecule has 0 bridgehead atoms. The standard InChI is InChI=1S/C7H8O7.2Na/c8-4(9)1-7(2-5(10)11)6(12)13-3-14-7;;/h1-3H2,(H,8,9)(H,10,11);;/q;2*+1/p-2. The number of aliphatic carboxylic acids is 2. The summed E-state index contributed by atoms with van der Waals surface area (Å²) in [5.41, 5.74) is -1.99. The van der Waals surface area contributed by atoms with E-state index in [1.807, 2.05) is 0 Å². The molecule has 16 heavy (non-hydrogen) atoms. The molecule has 1 heterocycles. The predicted octanol–water partition coefficient (Wildman–Crippen LogP) is -9.46. The van der Waals surface area contributed by atoms with Gasteiger partial charge in [-0.3, -0.25) is 0 Å². The van der Waals surface area contributed by atoms with E-state index in [-0.39, 0.29) is 59.1 Å². The van der Waals surface area contributed by atoms with Gasteiger partial charge in [-0.15, -0.1) is 0 Å². The molecular weight excluding hydrogens is 242 g/mol. The Morgan fingerprint density at radius 2 is 1.62 bits per heavy atom. The second-order valence-electron chi connectivity index (χ2n) is 2.79. The molecule has 0 aromatic rings. The normalized spacial score (nSPS) is 16.6. The Morgan fingerprint density at radius 3 is 1.88 bits per heavy atom. The van der Waals surface area contributed by atoms with Crippen LogP contribution in [0.15, 0.2) is 0 Å². The third-order valence-corrected chi connectivity index (χ3v) is 1.76. The molecule has 0 unspecified atom stereocenters. The van der Waals surface area contributed by atoms with Crippen LogP contribution in [0.4, 0.5) is 0 Å². The van der Waals surface area contributed by atoms with Gasteiger partial charge in [-0.1, -0.05) is 0 Å². The summed E-state index contributed by atoms with van der Waals surface area (Å²) in [5.74, 6) is -4.21. The van der Waals surface area contributed by atoms with Gasteiger partial charge in [0.15, 0.2) is 12.4 Å². The van der Waals surface area contributed by atoms with Crippen molar-refractivity contribution in [1.29, 1.82) is 0 Å². The predicted molar refractivity (Wildman–Crippen MR) is 34.0 cm³/mol. The van der Waals surface area contributed by atoms with Crippen molar-refractivity contribution in [2.24, 2.45) is 0 Å². The van der Waals surface area contributed by atoms with Crippen LogP contribution in [-0.4, -0.2) is 30.3 Å². The van der Waals surface area contributed by atoms with Crippen LogP contribution in [0.3, 0.4) is 0 Å². The fraction of sp³-hybridized carbons (Fsp3) is 0.571. The molecule has 0 atom stereocenters. The van der Waals surface area contributed by atoms with Gasteiger partial charge >= 0.3 is 65.1 Å². The van der Waals surface area contributed by atoms with Crippen LogP contribution < -0.4 is 69.3 Å². The quantitative estimate of drug-likeness (QED) is 0.358. The molecule has 0 aromatic carbocycles. The van der Waals surface area contributed by atoms with Gasteiger partial charge in [0.25, 0.3) is 0 Å². The van der Waals surface area contributed by atoms with Crippen molar-refractivity contribution >= 4 is 17.9 Å². The monoisotopic (exact) mass is 248 g/mol. The summed E-state index contributed by atoms with van der Waals surface area (Å²) in [6.45, 7) is -0.459. The first-order chi connectivity index (χ1) is 6.46. The van der Waals surface area contributed by atoms with Crippen molar-refractivity contribution in [3.05, 3.63) is 0 Å². The average molecular weight is 248 g/mol. The van der Waals surface area contributed by atoms with Crippen LogP contribution in [0, 0.1) is 0 Å². The SMILES string of the molecule is O=C([O-])CC1(CC(=O)[O-])OCOC1=O.[Na+].[Na+]. The first kappa shape index (κ1) is 18.7. The molecule has 78 valence electrons. The van der Waals surface area contributed by atoms with Gasteiger partial charge in [0, 0.05) is 24.8 Å². The minimum atomic E-state index is -1.99. The fourth-order valence-corrected chi connectivity index (χ4v) is 1.16. The summed E-state index contributed by atoms with van der Waals surface area (Å²) < 4.78 is 8.99. The summed E-state index contributed by atoms with van der Waals surface area (Å²) in [7, 11) is 0. The molecule has 1 aliphatic heterocycles. The van der Waals surface area contributed by atoms with Gasteiger partial charge in [0.05, 0.1) is 0 Å². The van der Waals surface area contributed by atoms with Gasteiger partial charge in [-0.25, -0.2) is 4.79 Å². The van der Waals surface area contributed by atoms with Crippen LogP contribution in [0.1, 0.15) is 12.8 Å². The molecule has 0 aromatic heterocycles. The van der Waals surface area contributed by atoms with E-state index in [0.717, 1.165) is 0 Å². The molecule has 1 saturated heterocycles. The number of carbonyl (C=O) groups excluding carboxylic acids is 3. The molecule has 0 N–H and O–H groups in total. The van der Waals surface area contributed by atoms with E-state index in [2.05, 4.69) is 9.47 Å². The Hall–Kier alpha value is 0.370. The number of carbonyl (C=O) groups is 3. The third-order valence-electron chi connectivity index (χ3n) is 1.76. The zero-order chi connectivity index (χ0) is 10.8. The van der Waals surface area contributed by atoms with E-state index < -0.39 is 43.1 Å². The average Bonchev–Trinajstić information content (AvgIpc) is 2.29. The van der Waals surface area contributed by atoms with Crippen LogP contribution in [0.5, 0.6) is 0 Å². The van der Waals surface area contributed by atoms with Gasteiger partial charge < -0.3 is 29.3 Å². The Bertz CT molecular complexity index is 274. The number of hydrogen-bond acceptors (Lipinski definition) is 7. The number of carboxylic acid groups (broad SMARTS) is 2. The summed E-state index contributed by atoms with van der Waals surface area (Å²) in [6.07, 6.45) is -1.72. The second kappa shape index (κ2) is 7.65. The summed E-state index contributed by atoms with van der Waals surface area (Å²) in [4.78, 5) is 31.6. The zero-order valence-electron chi connectivity index (χ0n) is 8.98. The molecule has 1 fully saturated rings. The molecule has 1 aliphatic rings. The van der Waals surface area contributed by atoms with Gasteiger partial charge in [-0.05, 0) is 0 Å². The maximum absolute atomic E-state index is 11.0. The Balaban J connectivity index is 0. The van der Waals surface area contributed by atoms with Crippen molar-refractivity contribution in [2.45, 2.75) is 18.4 Å². The zero-order valence-corrected chi connectivity index (χ0v) is 13.0. The Labute approximate surface area is 135 Å². The molecule has 7 nitrogen and oxygen atoms in total. The molecule has 0 saturated carbocycles. The molecule has 9 heteroatoms. The van der Waals surface area contributed by atoms with E-state index in [0.29, 0.717) is 0 Å². The molecule has 0 amide bonds. The number of rotatable bonds is 4. The Kier molecular flexibility index (Phi) is 8.95. The summed E-state index contributed by atoms with van der Waals surface area (Å²) >= 11 is 0. The number of hydrogen-bond donors (Lipinski definition) is 0. The van der Waals surface area contributed by atoms with E-state index in [1.165, 1.54) is 0 Å². The maximum atomic E-state index is 11.0. The maximum Gasteiger partial charge on any atom is 1.00 e. The van der Waals surface area contributed by atoms with Crippen molar-refractivity contribution in [2.75, 3.05) is 6.79 Å². The van der Waals surface area contributed by atoms with Crippen LogP contribution in [0.25, 0.3) is 0 Å². The number of esters is 1. The van der Waals surface area contributed by atoms with E-state index in [4.69, 9.17) is 0 Å². The largest absolute Gasteiger partial charge is 1.00 e. The molecule has 1 rings (SSSR count). The fourth-order valence-electron chi connectivity index (χ4n) is 1.16. The van der Waals surface area contributed by atoms with E-state index in [9.17, 15) is 24.6 Å². The topological polar surface area (TPSA) is 116 Å². The van der Waals surface area contributed by atoms with Gasteiger partial charge in [0.1, 0.15) is 0 Å². The summed E-state index contributed by atoms with van der Waals surface area (Å²) in [6, 6.07) is 0. The number of cyclic esters (lactones) is 1. The van der Waals surface area contributed by atoms with Gasteiger partial charge in [-0.2, -0.15) is 0 Å². The number of carboxylic acids is 2. The molecule has 0 spiro atoms. The molecular formula is C7H6Na2O7. The minimum Gasteiger partial charge on any atom is -0.550 e. The molecule has 0 aliphatic carbocycles. The van der Waals surface area contributed by atoms with Crippen molar-refractivity contribution in [3.63, 3.8) is 0 Å². The smallest absolute Gasteiger partial charge is 0.550 e. The van der Waals surface area contributed by atoms with Crippen molar-refractivity contribution in [3.8, 4) is 0 Å². The second-order valence-corrected chi connectivity index (χ2v) is 2.79. The van der Waals surface area contributed by atoms with Crippen molar-refractivity contribution < 1.29 is 93.2 Å². The van der Waals surface area contributed by atoms with Gasteiger partial charge in [0.2, 0.25) is 0 Å². The third kappa shape index (κ3) is 4.70. The minimum absolute atomic E-state index is 0. The van der Waals surface area contributed by atoms with Crippen LogP contribution in [0.2, 0.25) is 0 Å². The van der Waals surface area contributed by atoms with Crippen LogP contribution in [-0.2, 0) is 23.9 Å². The van der Waals surface area contributed by atoms with Crippen molar-refractivity contribution in [1.82, 2.24) is 0 Å². The molecule has 0 radical (unpaired) electrons. The summed E-state index contributed by atoms with van der Waals surface area (Å²) in [5, 5.41) is 20.6. The Morgan fingerprint density at radius 1 is 1.19 bits per heavy atom. The van der Waals surface area contributed by atoms with E-state index in [1.54, 1.807) is 0 Å². The van der Waals surface area contributed by atoms with Crippen LogP contribution >= 0.6 is 0 Å². The first-order valence-electron chi connectivity index (χ1n) is 3.67.